The van der Waals surface area contributed by atoms with Gasteiger partial charge in [0.2, 0.25) is 11.8 Å². The maximum atomic E-state index is 13.3. The summed E-state index contributed by atoms with van der Waals surface area (Å²) in [6.07, 6.45) is 3.36. The number of carbonyl (C=O) groups is 2. The third-order valence-electron chi connectivity index (χ3n) is 4.79. The van der Waals surface area contributed by atoms with E-state index in [9.17, 15) is 14.0 Å². The predicted molar refractivity (Wildman–Crippen MR) is 116 cm³/mol. The number of carbonyl (C=O) groups excluding carboxylic acids is 2. The first-order valence-corrected chi connectivity index (χ1v) is 10.0. The molecule has 0 saturated heterocycles. The van der Waals surface area contributed by atoms with Gasteiger partial charge in [-0.25, -0.2) is 4.39 Å². The molecular formula is C25H25FN2O3. The highest BCUT2D eigenvalue weighted by atomic mass is 19.1. The quantitative estimate of drug-likeness (QED) is 0.462. The maximum absolute atomic E-state index is 13.3. The minimum Gasteiger partial charge on any atom is -0.467 e. The molecule has 31 heavy (non-hydrogen) atoms. The van der Waals surface area contributed by atoms with Crippen LogP contribution in [0.4, 0.5) is 4.39 Å². The van der Waals surface area contributed by atoms with Gasteiger partial charge in [0, 0.05) is 13.1 Å². The lowest BCUT2D eigenvalue weighted by Crippen LogP contribution is -2.43. The molecule has 0 atom stereocenters. The first kappa shape index (κ1) is 22.0. The van der Waals surface area contributed by atoms with Crippen molar-refractivity contribution in [2.24, 2.45) is 0 Å². The minimum absolute atomic E-state index is 0.0837. The molecule has 0 radical (unpaired) electrons. The van der Waals surface area contributed by atoms with Crippen molar-refractivity contribution >= 4 is 11.8 Å². The summed E-state index contributed by atoms with van der Waals surface area (Å²) in [5, 5.41) is 0. The Kier molecular flexibility index (Phi) is 7.76. The van der Waals surface area contributed by atoms with Gasteiger partial charge in [0.1, 0.15) is 18.1 Å². The number of hydrogen-bond donors (Lipinski definition) is 0. The molecular weight excluding hydrogens is 395 g/mol. The summed E-state index contributed by atoms with van der Waals surface area (Å²) in [5.74, 6) is -0.0964. The molecule has 0 aliphatic heterocycles. The van der Waals surface area contributed by atoms with Gasteiger partial charge < -0.3 is 14.2 Å². The monoisotopic (exact) mass is 420 g/mol. The topological polar surface area (TPSA) is 53.8 Å². The lowest BCUT2D eigenvalue weighted by molar-refractivity contribution is -0.140. The third-order valence-corrected chi connectivity index (χ3v) is 4.79. The average Bonchev–Trinajstić information content (AvgIpc) is 3.28. The summed E-state index contributed by atoms with van der Waals surface area (Å²) in [7, 11) is 0. The Labute approximate surface area is 181 Å². The van der Waals surface area contributed by atoms with Crippen LogP contribution >= 0.6 is 0 Å². The van der Waals surface area contributed by atoms with Crippen molar-refractivity contribution in [1.82, 2.24) is 9.80 Å². The van der Waals surface area contributed by atoms with E-state index in [-0.39, 0.29) is 50.2 Å². The van der Waals surface area contributed by atoms with Crippen LogP contribution in [0.25, 0.3) is 0 Å². The van der Waals surface area contributed by atoms with Crippen LogP contribution < -0.4 is 0 Å². The van der Waals surface area contributed by atoms with Crippen molar-refractivity contribution in [2.75, 3.05) is 13.1 Å². The fourth-order valence-electron chi connectivity index (χ4n) is 3.19. The highest BCUT2D eigenvalue weighted by Gasteiger charge is 2.22. The van der Waals surface area contributed by atoms with E-state index >= 15 is 0 Å². The lowest BCUT2D eigenvalue weighted by atomic mass is 10.1. The van der Waals surface area contributed by atoms with Gasteiger partial charge in [0.15, 0.2) is 0 Å². The molecule has 3 aromatic rings. The van der Waals surface area contributed by atoms with Gasteiger partial charge in [-0.15, -0.1) is 6.58 Å². The van der Waals surface area contributed by atoms with Gasteiger partial charge in [-0.3, -0.25) is 9.59 Å². The fourth-order valence-corrected chi connectivity index (χ4v) is 3.19. The predicted octanol–water partition coefficient (Wildman–Crippen LogP) is 4.20. The Morgan fingerprint density at radius 3 is 2.26 bits per heavy atom. The molecule has 6 heteroatoms. The smallest absolute Gasteiger partial charge is 0.242 e. The number of furan rings is 1. The van der Waals surface area contributed by atoms with Crippen LogP contribution in [0.1, 0.15) is 16.9 Å². The second kappa shape index (κ2) is 10.9. The van der Waals surface area contributed by atoms with E-state index in [0.29, 0.717) is 5.76 Å². The van der Waals surface area contributed by atoms with Crippen LogP contribution in [0.15, 0.2) is 90.1 Å². The fraction of sp³-hybridized carbons (Fsp3) is 0.200. The number of nitrogens with zero attached hydrogens (tertiary/aromatic N) is 2. The summed E-state index contributed by atoms with van der Waals surface area (Å²) >= 11 is 0. The van der Waals surface area contributed by atoms with Crippen molar-refractivity contribution in [2.45, 2.75) is 19.5 Å². The molecule has 0 fully saturated rings. The molecule has 5 nitrogen and oxygen atoms in total. The molecule has 0 N–H and O–H groups in total. The molecule has 0 bridgehead atoms. The molecule has 0 aliphatic rings. The van der Waals surface area contributed by atoms with Crippen molar-refractivity contribution < 1.29 is 18.4 Å². The maximum Gasteiger partial charge on any atom is 0.242 e. The second-order valence-corrected chi connectivity index (χ2v) is 7.18. The van der Waals surface area contributed by atoms with E-state index in [1.54, 1.807) is 41.5 Å². The zero-order valence-electron chi connectivity index (χ0n) is 17.2. The van der Waals surface area contributed by atoms with Crippen LogP contribution in [0.3, 0.4) is 0 Å². The Morgan fingerprint density at radius 2 is 1.61 bits per heavy atom. The number of halogens is 1. The molecule has 2 aromatic carbocycles. The van der Waals surface area contributed by atoms with Gasteiger partial charge >= 0.3 is 0 Å². The zero-order valence-corrected chi connectivity index (χ0v) is 17.2. The van der Waals surface area contributed by atoms with Gasteiger partial charge in [0.05, 0.1) is 19.2 Å². The Hall–Kier alpha value is -3.67. The van der Waals surface area contributed by atoms with Crippen molar-refractivity contribution in [1.29, 1.82) is 0 Å². The Balaban J connectivity index is 1.73. The van der Waals surface area contributed by atoms with Gasteiger partial charge in [-0.05, 0) is 35.4 Å². The summed E-state index contributed by atoms with van der Waals surface area (Å²) in [6, 6.07) is 18.9. The van der Waals surface area contributed by atoms with Crippen molar-refractivity contribution in [3.63, 3.8) is 0 Å². The average molecular weight is 420 g/mol. The number of amides is 2. The van der Waals surface area contributed by atoms with Gasteiger partial charge in [-0.2, -0.15) is 0 Å². The highest BCUT2D eigenvalue weighted by molar-refractivity contribution is 5.86. The van der Waals surface area contributed by atoms with E-state index in [0.717, 1.165) is 11.1 Å². The largest absolute Gasteiger partial charge is 0.467 e. The summed E-state index contributed by atoms with van der Waals surface area (Å²) in [4.78, 5) is 29.1. The molecule has 0 saturated carbocycles. The normalized spacial score (nSPS) is 10.5. The van der Waals surface area contributed by atoms with Crippen LogP contribution in [-0.4, -0.2) is 34.7 Å². The van der Waals surface area contributed by atoms with E-state index in [2.05, 4.69) is 6.58 Å². The molecule has 1 heterocycles. The summed E-state index contributed by atoms with van der Waals surface area (Å²) in [5.41, 5.74) is 1.67. The first-order chi connectivity index (χ1) is 15.0. The Morgan fingerprint density at radius 1 is 0.871 bits per heavy atom. The molecule has 160 valence electrons. The van der Waals surface area contributed by atoms with E-state index < -0.39 is 0 Å². The lowest BCUT2D eigenvalue weighted by Gasteiger charge is -2.27. The van der Waals surface area contributed by atoms with E-state index in [4.69, 9.17) is 4.42 Å². The third kappa shape index (κ3) is 6.67. The number of benzene rings is 2. The minimum atomic E-state index is -0.337. The Bertz CT molecular complexity index is 985. The van der Waals surface area contributed by atoms with Gasteiger partial charge in [0.25, 0.3) is 0 Å². The first-order valence-electron chi connectivity index (χ1n) is 10.0. The van der Waals surface area contributed by atoms with Crippen LogP contribution in [0.2, 0.25) is 0 Å². The van der Waals surface area contributed by atoms with Crippen LogP contribution in [0.5, 0.6) is 0 Å². The zero-order chi connectivity index (χ0) is 22.1. The highest BCUT2D eigenvalue weighted by Crippen LogP contribution is 2.13. The second-order valence-electron chi connectivity index (χ2n) is 7.18. The van der Waals surface area contributed by atoms with E-state index in [1.807, 2.05) is 30.3 Å². The SMILES string of the molecule is C=CCN(CC(=O)N(Cc1ccc(F)cc1)Cc1ccco1)C(=O)Cc1ccccc1. The van der Waals surface area contributed by atoms with Crippen molar-refractivity contribution in [3.05, 3.63) is 108 Å². The number of hydrogen-bond acceptors (Lipinski definition) is 3. The van der Waals surface area contributed by atoms with Crippen LogP contribution in [0, 0.1) is 5.82 Å². The summed E-state index contributed by atoms with van der Waals surface area (Å²) < 4.78 is 18.7. The molecule has 0 aliphatic carbocycles. The summed E-state index contributed by atoms with van der Waals surface area (Å²) in [6.45, 7) is 4.41. The molecule has 0 spiro atoms. The van der Waals surface area contributed by atoms with Crippen molar-refractivity contribution in [3.8, 4) is 0 Å². The number of rotatable bonds is 10. The molecule has 2 amide bonds. The molecule has 3 rings (SSSR count). The van der Waals surface area contributed by atoms with Crippen LogP contribution in [-0.2, 0) is 29.1 Å². The molecule has 1 aromatic heterocycles. The van der Waals surface area contributed by atoms with Gasteiger partial charge in [-0.1, -0.05) is 48.5 Å². The molecule has 0 unspecified atom stereocenters. The van der Waals surface area contributed by atoms with E-state index in [1.165, 1.54) is 17.0 Å². The standard InChI is InChI=1S/C25H25FN2O3/c1-2-14-27(24(29)16-20-7-4-3-5-8-20)19-25(30)28(18-23-9-6-15-31-23)17-21-10-12-22(26)13-11-21/h2-13,15H,1,14,16-19H2.